The molecule has 0 aromatic carbocycles. The van der Waals surface area contributed by atoms with Crippen LogP contribution in [-0.4, -0.2) is 25.2 Å². The number of carbonyl (C=O) groups is 2. The first-order chi connectivity index (χ1) is 12.7. The Morgan fingerprint density at radius 1 is 0.577 bits per heavy atom. The van der Waals surface area contributed by atoms with Crippen molar-refractivity contribution in [3.63, 3.8) is 0 Å². The van der Waals surface area contributed by atoms with E-state index in [1.807, 2.05) is 0 Å². The van der Waals surface area contributed by atoms with E-state index >= 15 is 0 Å². The molecular weight excluding hydrogens is 328 g/mol. The molecule has 0 amide bonds. The first-order valence-electron chi connectivity index (χ1n) is 11.1. The van der Waals surface area contributed by atoms with Crippen LogP contribution in [0.1, 0.15) is 89.9 Å². The summed E-state index contributed by atoms with van der Waals surface area (Å²) in [5.74, 6) is 0.708. The molecule has 0 radical (unpaired) electrons. The van der Waals surface area contributed by atoms with Crippen LogP contribution in [0.3, 0.4) is 0 Å². The molecule has 0 spiro atoms. The second-order valence-electron chi connectivity index (χ2n) is 8.83. The van der Waals surface area contributed by atoms with Crippen molar-refractivity contribution in [3.05, 3.63) is 0 Å². The summed E-state index contributed by atoms with van der Waals surface area (Å²) in [6.45, 7) is 1.15. The maximum atomic E-state index is 12.4. The Hall–Kier alpha value is -1.06. The summed E-state index contributed by atoms with van der Waals surface area (Å²) in [6, 6.07) is 0. The lowest BCUT2D eigenvalue weighted by molar-refractivity contribution is -0.156. The summed E-state index contributed by atoms with van der Waals surface area (Å²) in [4.78, 5) is 24.9. The molecule has 3 fully saturated rings. The van der Waals surface area contributed by atoms with Gasteiger partial charge in [0, 0.05) is 0 Å². The fraction of sp³-hybridized carbons (Fsp3) is 0.909. The topological polar surface area (TPSA) is 52.6 Å². The maximum Gasteiger partial charge on any atom is 0.308 e. The number of hydrogen-bond donors (Lipinski definition) is 0. The van der Waals surface area contributed by atoms with Crippen LogP contribution in [0.4, 0.5) is 0 Å². The molecule has 3 rings (SSSR count). The molecule has 26 heavy (non-hydrogen) atoms. The SMILES string of the molecule is O=C(OCC1CCCCC1)C1CCCC(C(=O)OCC2CCCCC2)C1. The molecule has 0 saturated heterocycles. The van der Waals surface area contributed by atoms with Gasteiger partial charge in [-0.25, -0.2) is 0 Å². The third kappa shape index (κ3) is 5.99. The quantitative estimate of drug-likeness (QED) is 0.620. The van der Waals surface area contributed by atoms with E-state index in [-0.39, 0.29) is 23.8 Å². The average molecular weight is 365 g/mol. The van der Waals surface area contributed by atoms with Crippen molar-refractivity contribution in [3.8, 4) is 0 Å². The summed E-state index contributed by atoms with van der Waals surface area (Å²) in [7, 11) is 0. The normalized spacial score (nSPS) is 28.5. The average Bonchev–Trinajstić information content (AvgIpc) is 2.72. The zero-order valence-electron chi connectivity index (χ0n) is 16.3. The molecule has 0 N–H and O–H groups in total. The fourth-order valence-electron chi connectivity index (χ4n) is 4.96. The van der Waals surface area contributed by atoms with Gasteiger partial charge in [0.05, 0.1) is 25.0 Å². The number of ether oxygens (including phenoxy) is 2. The minimum atomic E-state index is -0.112. The van der Waals surface area contributed by atoms with Gasteiger partial charge in [0.1, 0.15) is 0 Å². The van der Waals surface area contributed by atoms with Gasteiger partial charge in [-0.3, -0.25) is 9.59 Å². The lowest BCUT2D eigenvalue weighted by Gasteiger charge is -2.28. The van der Waals surface area contributed by atoms with Gasteiger partial charge in [-0.15, -0.1) is 0 Å². The zero-order valence-corrected chi connectivity index (χ0v) is 16.3. The Balaban J connectivity index is 1.38. The highest BCUT2D eigenvalue weighted by Gasteiger charge is 2.33. The van der Waals surface area contributed by atoms with E-state index in [4.69, 9.17) is 9.47 Å². The Morgan fingerprint density at radius 2 is 1.00 bits per heavy atom. The molecule has 3 aliphatic carbocycles. The first-order valence-corrected chi connectivity index (χ1v) is 11.1. The van der Waals surface area contributed by atoms with Crippen molar-refractivity contribution in [2.75, 3.05) is 13.2 Å². The minimum absolute atomic E-state index is 0.0830. The number of carbonyl (C=O) groups excluding carboxylic acids is 2. The highest BCUT2D eigenvalue weighted by Crippen LogP contribution is 2.32. The van der Waals surface area contributed by atoms with Crippen LogP contribution in [0.2, 0.25) is 0 Å². The fourth-order valence-corrected chi connectivity index (χ4v) is 4.96. The van der Waals surface area contributed by atoms with E-state index in [0.717, 1.165) is 19.3 Å². The van der Waals surface area contributed by atoms with Crippen LogP contribution in [0.15, 0.2) is 0 Å². The van der Waals surface area contributed by atoms with Crippen LogP contribution < -0.4 is 0 Å². The lowest BCUT2D eigenvalue weighted by atomic mass is 9.81. The highest BCUT2D eigenvalue weighted by atomic mass is 16.5. The number of rotatable bonds is 6. The van der Waals surface area contributed by atoms with Crippen LogP contribution in [0.5, 0.6) is 0 Å². The molecular formula is C22H36O4. The summed E-state index contributed by atoms with van der Waals surface area (Å²) in [5.41, 5.74) is 0. The molecule has 0 aromatic heterocycles. The molecule has 3 aliphatic rings. The molecule has 2 atom stereocenters. The largest absolute Gasteiger partial charge is 0.465 e. The summed E-state index contributed by atoms with van der Waals surface area (Å²) >= 11 is 0. The van der Waals surface area contributed by atoms with Crippen molar-refractivity contribution in [1.29, 1.82) is 0 Å². The van der Waals surface area contributed by atoms with Gasteiger partial charge in [-0.1, -0.05) is 44.9 Å². The van der Waals surface area contributed by atoms with E-state index in [2.05, 4.69) is 0 Å². The minimum Gasteiger partial charge on any atom is -0.465 e. The molecule has 0 aliphatic heterocycles. The van der Waals surface area contributed by atoms with E-state index in [1.165, 1.54) is 64.2 Å². The molecule has 2 unspecified atom stereocenters. The zero-order chi connectivity index (χ0) is 18.2. The van der Waals surface area contributed by atoms with E-state index in [0.29, 0.717) is 31.5 Å². The molecule has 4 heteroatoms. The molecule has 148 valence electrons. The van der Waals surface area contributed by atoms with E-state index in [9.17, 15) is 9.59 Å². The highest BCUT2D eigenvalue weighted by molar-refractivity contribution is 5.76. The Bertz CT molecular complexity index is 409. The van der Waals surface area contributed by atoms with Gasteiger partial charge in [0.2, 0.25) is 0 Å². The van der Waals surface area contributed by atoms with Gasteiger partial charge in [-0.05, 0) is 56.8 Å². The van der Waals surface area contributed by atoms with Gasteiger partial charge in [-0.2, -0.15) is 0 Å². The van der Waals surface area contributed by atoms with Crippen LogP contribution >= 0.6 is 0 Å². The Labute approximate surface area is 158 Å². The standard InChI is InChI=1S/C22H36O4/c23-21(25-15-17-8-3-1-4-9-17)19-12-7-13-20(14-19)22(24)26-16-18-10-5-2-6-11-18/h17-20H,1-16H2. The van der Waals surface area contributed by atoms with Crippen molar-refractivity contribution in [2.24, 2.45) is 23.7 Å². The molecule has 0 bridgehead atoms. The smallest absolute Gasteiger partial charge is 0.308 e. The van der Waals surface area contributed by atoms with Gasteiger partial charge in [0.15, 0.2) is 0 Å². The number of esters is 2. The second kappa shape index (κ2) is 10.3. The summed E-state index contributed by atoms with van der Waals surface area (Å²) in [5, 5.41) is 0. The molecule has 0 aromatic rings. The monoisotopic (exact) mass is 364 g/mol. The van der Waals surface area contributed by atoms with Crippen molar-refractivity contribution < 1.29 is 19.1 Å². The van der Waals surface area contributed by atoms with Gasteiger partial charge in [0.25, 0.3) is 0 Å². The van der Waals surface area contributed by atoms with Crippen molar-refractivity contribution >= 4 is 11.9 Å². The predicted molar refractivity (Wildman–Crippen MR) is 101 cm³/mol. The molecule has 3 saturated carbocycles. The third-order valence-electron chi connectivity index (χ3n) is 6.71. The molecule has 4 nitrogen and oxygen atoms in total. The third-order valence-corrected chi connectivity index (χ3v) is 6.71. The van der Waals surface area contributed by atoms with Crippen molar-refractivity contribution in [1.82, 2.24) is 0 Å². The van der Waals surface area contributed by atoms with E-state index < -0.39 is 0 Å². The van der Waals surface area contributed by atoms with Crippen LogP contribution in [0.25, 0.3) is 0 Å². The Kier molecular flexibility index (Phi) is 7.82. The summed E-state index contributed by atoms with van der Waals surface area (Å²) in [6.07, 6.45) is 15.7. The second-order valence-corrected chi connectivity index (χ2v) is 8.83. The van der Waals surface area contributed by atoms with Gasteiger partial charge >= 0.3 is 11.9 Å². The number of hydrogen-bond acceptors (Lipinski definition) is 4. The predicted octanol–water partition coefficient (Wildman–Crippen LogP) is 5.04. The summed E-state index contributed by atoms with van der Waals surface area (Å²) < 4.78 is 11.2. The van der Waals surface area contributed by atoms with E-state index in [1.54, 1.807) is 0 Å². The maximum absolute atomic E-state index is 12.4. The van der Waals surface area contributed by atoms with Crippen molar-refractivity contribution in [2.45, 2.75) is 89.9 Å². The Morgan fingerprint density at radius 3 is 1.42 bits per heavy atom. The molecule has 0 heterocycles. The lowest BCUT2D eigenvalue weighted by Crippen LogP contribution is -2.31. The van der Waals surface area contributed by atoms with Gasteiger partial charge < -0.3 is 9.47 Å². The van der Waals surface area contributed by atoms with Crippen LogP contribution in [-0.2, 0) is 19.1 Å². The first kappa shape index (κ1) is 19.7. The van der Waals surface area contributed by atoms with Crippen LogP contribution in [0, 0.1) is 23.7 Å².